The lowest BCUT2D eigenvalue weighted by molar-refractivity contribution is 0.0306. The summed E-state index contributed by atoms with van der Waals surface area (Å²) in [6, 6.07) is 13.3. The molecule has 0 spiro atoms. The number of morpholine rings is 1. The second-order valence-corrected chi connectivity index (χ2v) is 10.2. The molecule has 3 aromatic rings. The molecule has 1 fully saturated rings. The fraction of sp³-hybridized carbons (Fsp3) is 0.250. The van der Waals surface area contributed by atoms with Crippen LogP contribution in [0.5, 0.6) is 0 Å². The van der Waals surface area contributed by atoms with Gasteiger partial charge in [0.2, 0.25) is 0 Å². The molecule has 2 heterocycles. The van der Waals surface area contributed by atoms with Crippen LogP contribution in [0, 0.1) is 0 Å². The van der Waals surface area contributed by atoms with Crippen LogP contribution in [-0.4, -0.2) is 52.6 Å². The van der Waals surface area contributed by atoms with Crippen molar-refractivity contribution in [3.05, 3.63) is 58.4 Å². The van der Waals surface area contributed by atoms with E-state index in [2.05, 4.69) is 0 Å². The van der Waals surface area contributed by atoms with Gasteiger partial charge in [0.25, 0.3) is 15.9 Å². The Morgan fingerprint density at radius 3 is 2.48 bits per heavy atom. The third-order valence-corrected chi connectivity index (χ3v) is 8.00. The normalized spacial score (nSPS) is 14.9. The highest BCUT2D eigenvalue weighted by atomic mass is 35.5. The minimum absolute atomic E-state index is 0.0156. The number of ether oxygens (including phenoxy) is 1. The van der Waals surface area contributed by atoms with Crippen molar-refractivity contribution < 1.29 is 17.9 Å². The molecule has 1 aliphatic rings. The van der Waals surface area contributed by atoms with Gasteiger partial charge in [-0.3, -0.25) is 9.10 Å². The molecule has 0 saturated carbocycles. The first-order chi connectivity index (χ1) is 13.9. The zero-order valence-electron chi connectivity index (χ0n) is 15.7. The van der Waals surface area contributed by atoms with Crippen molar-refractivity contribution in [1.29, 1.82) is 0 Å². The van der Waals surface area contributed by atoms with Gasteiger partial charge in [0.05, 0.1) is 28.7 Å². The zero-order valence-corrected chi connectivity index (χ0v) is 18.1. The number of nitrogens with zero attached hydrogens (tertiary/aromatic N) is 2. The molecule has 0 N–H and O–H groups in total. The first-order valence-corrected chi connectivity index (χ1v) is 11.6. The van der Waals surface area contributed by atoms with Crippen molar-refractivity contribution in [2.24, 2.45) is 0 Å². The molecule has 0 aliphatic carbocycles. The first kappa shape index (κ1) is 20.2. The monoisotopic (exact) mass is 450 g/mol. The van der Waals surface area contributed by atoms with E-state index in [9.17, 15) is 13.2 Å². The Bertz CT molecular complexity index is 1150. The number of carbonyl (C=O) groups is 1. The van der Waals surface area contributed by atoms with E-state index in [0.29, 0.717) is 41.9 Å². The molecule has 29 heavy (non-hydrogen) atoms. The standard InChI is InChI=1S/C20H19ClN2O4S2/c1-22(29(25,26)17-5-2-15(21)3-6-17)16-4-7-18-14(12-16)13-19(28-18)20(24)23-8-10-27-11-9-23/h2-7,12-13H,8-11H2,1H3. The molecule has 2 aromatic carbocycles. The fourth-order valence-corrected chi connectivity index (χ4v) is 5.48. The molecule has 1 amide bonds. The number of benzene rings is 2. The molecular formula is C20H19ClN2O4S2. The summed E-state index contributed by atoms with van der Waals surface area (Å²) in [4.78, 5) is 15.3. The number of amides is 1. The summed E-state index contributed by atoms with van der Waals surface area (Å²) in [7, 11) is -2.20. The Morgan fingerprint density at radius 1 is 1.10 bits per heavy atom. The smallest absolute Gasteiger partial charge is 0.264 e. The SMILES string of the molecule is CN(c1ccc2sc(C(=O)N3CCOCC3)cc2c1)S(=O)(=O)c1ccc(Cl)cc1. The van der Waals surface area contributed by atoms with Crippen LogP contribution in [0.15, 0.2) is 53.4 Å². The van der Waals surface area contributed by atoms with Gasteiger partial charge >= 0.3 is 0 Å². The van der Waals surface area contributed by atoms with Gasteiger partial charge in [0.1, 0.15) is 0 Å². The van der Waals surface area contributed by atoms with E-state index in [-0.39, 0.29) is 10.8 Å². The molecular weight excluding hydrogens is 432 g/mol. The van der Waals surface area contributed by atoms with E-state index in [1.165, 1.54) is 34.8 Å². The summed E-state index contributed by atoms with van der Waals surface area (Å²) in [5, 5.41) is 1.31. The number of carbonyl (C=O) groups excluding carboxylic acids is 1. The molecule has 1 saturated heterocycles. The van der Waals surface area contributed by atoms with E-state index < -0.39 is 10.0 Å². The van der Waals surface area contributed by atoms with E-state index in [0.717, 1.165) is 10.1 Å². The summed E-state index contributed by atoms with van der Waals surface area (Å²) < 4.78 is 33.3. The van der Waals surface area contributed by atoms with Gasteiger partial charge in [0.15, 0.2) is 0 Å². The molecule has 9 heteroatoms. The molecule has 1 aliphatic heterocycles. The molecule has 0 atom stereocenters. The number of hydrogen-bond donors (Lipinski definition) is 0. The van der Waals surface area contributed by atoms with Crippen molar-refractivity contribution in [3.63, 3.8) is 0 Å². The van der Waals surface area contributed by atoms with Gasteiger partial charge in [-0.25, -0.2) is 8.42 Å². The van der Waals surface area contributed by atoms with Crippen molar-refractivity contribution in [2.45, 2.75) is 4.90 Å². The highest BCUT2D eigenvalue weighted by Crippen LogP contribution is 2.32. The highest BCUT2D eigenvalue weighted by molar-refractivity contribution is 7.92. The van der Waals surface area contributed by atoms with Crippen LogP contribution in [0.1, 0.15) is 9.67 Å². The van der Waals surface area contributed by atoms with E-state index in [1.54, 1.807) is 29.2 Å². The molecule has 0 bridgehead atoms. The largest absolute Gasteiger partial charge is 0.378 e. The van der Waals surface area contributed by atoms with Gasteiger partial charge in [-0.05, 0) is 53.9 Å². The summed E-state index contributed by atoms with van der Waals surface area (Å²) in [6.07, 6.45) is 0. The minimum atomic E-state index is -3.72. The number of sulfonamides is 1. The van der Waals surface area contributed by atoms with Crippen LogP contribution >= 0.6 is 22.9 Å². The average molecular weight is 451 g/mol. The van der Waals surface area contributed by atoms with Crippen molar-refractivity contribution in [2.75, 3.05) is 37.7 Å². The predicted molar refractivity (Wildman–Crippen MR) is 116 cm³/mol. The Labute approximate surface area is 178 Å². The second kappa shape index (κ2) is 7.95. The number of halogens is 1. The Balaban J connectivity index is 1.63. The van der Waals surface area contributed by atoms with Crippen LogP contribution in [0.2, 0.25) is 5.02 Å². The predicted octanol–water partition coefficient (Wildman–Crippen LogP) is 3.85. The quantitative estimate of drug-likeness (QED) is 0.605. The van der Waals surface area contributed by atoms with Crippen LogP contribution in [0.4, 0.5) is 5.69 Å². The van der Waals surface area contributed by atoms with Crippen molar-refractivity contribution in [1.82, 2.24) is 4.90 Å². The van der Waals surface area contributed by atoms with Gasteiger partial charge in [0, 0.05) is 29.9 Å². The number of rotatable bonds is 4. The summed E-state index contributed by atoms with van der Waals surface area (Å²) in [5.41, 5.74) is 0.524. The number of hydrogen-bond acceptors (Lipinski definition) is 5. The summed E-state index contributed by atoms with van der Waals surface area (Å²) >= 11 is 7.27. The van der Waals surface area contributed by atoms with E-state index in [4.69, 9.17) is 16.3 Å². The maximum atomic E-state index is 12.9. The van der Waals surface area contributed by atoms with Gasteiger partial charge in [-0.2, -0.15) is 0 Å². The first-order valence-electron chi connectivity index (χ1n) is 9.01. The van der Waals surface area contributed by atoms with Crippen molar-refractivity contribution in [3.8, 4) is 0 Å². The molecule has 4 rings (SSSR count). The number of anilines is 1. The fourth-order valence-electron chi connectivity index (χ4n) is 3.16. The number of thiophene rings is 1. The van der Waals surface area contributed by atoms with Crippen molar-refractivity contribution >= 4 is 54.6 Å². The van der Waals surface area contributed by atoms with E-state index in [1.807, 2.05) is 12.1 Å². The summed E-state index contributed by atoms with van der Waals surface area (Å²) in [6.45, 7) is 2.27. The van der Waals surface area contributed by atoms with Gasteiger partial charge < -0.3 is 9.64 Å². The lowest BCUT2D eigenvalue weighted by Crippen LogP contribution is -2.40. The Hall–Kier alpha value is -2.13. The molecule has 152 valence electrons. The minimum Gasteiger partial charge on any atom is -0.378 e. The third kappa shape index (κ3) is 3.98. The van der Waals surface area contributed by atoms with Crippen LogP contribution < -0.4 is 4.31 Å². The lowest BCUT2D eigenvalue weighted by atomic mass is 10.2. The molecule has 0 unspecified atom stereocenters. The topological polar surface area (TPSA) is 66.9 Å². The van der Waals surface area contributed by atoms with E-state index >= 15 is 0 Å². The second-order valence-electron chi connectivity index (χ2n) is 6.66. The highest BCUT2D eigenvalue weighted by Gasteiger charge is 2.23. The number of fused-ring (bicyclic) bond motifs is 1. The Kier molecular flexibility index (Phi) is 5.52. The lowest BCUT2D eigenvalue weighted by Gasteiger charge is -2.26. The van der Waals surface area contributed by atoms with Gasteiger partial charge in [-0.1, -0.05) is 11.6 Å². The van der Waals surface area contributed by atoms with Crippen LogP contribution in [0.25, 0.3) is 10.1 Å². The Morgan fingerprint density at radius 2 is 1.79 bits per heavy atom. The van der Waals surface area contributed by atoms with Gasteiger partial charge in [-0.15, -0.1) is 11.3 Å². The molecule has 0 radical (unpaired) electrons. The maximum absolute atomic E-state index is 12.9. The van der Waals surface area contributed by atoms with Crippen LogP contribution in [-0.2, 0) is 14.8 Å². The molecule has 1 aromatic heterocycles. The molecule has 6 nitrogen and oxygen atoms in total. The maximum Gasteiger partial charge on any atom is 0.264 e. The third-order valence-electron chi connectivity index (χ3n) is 4.84. The summed E-state index contributed by atoms with van der Waals surface area (Å²) in [5.74, 6) is -0.0156. The average Bonchev–Trinajstić information content (AvgIpc) is 3.17. The van der Waals surface area contributed by atoms with Crippen LogP contribution in [0.3, 0.4) is 0 Å². The zero-order chi connectivity index (χ0) is 20.6.